The molecular weight excluding hydrogens is 288 g/mol. The second kappa shape index (κ2) is 7.95. The molecule has 2 rings (SSSR count). The Kier molecular flexibility index (Phi) is 5.97. The van der Waals surface area contributed by atoms with Crippen LogP contribution in [0.5, 0.6) is 0 Å². The third kappa shape index (κ3) is 4.95. The average molecular weight is 314 g/mol. The minimum atomic E-state index is -0.311. The molecule has 0 saturated heterocycles. The summed E-state index contributed by atoms with van der Waals surface area (Å²) in [6.45, 7) is 4.33. The van der Waals surface area contributed by atoms with Crippen molar-refractivity contribution in [3.05, 3.63) is 41.5 Å². The molecule has 1 saturated carbocycles. The maximum absolute atomic E-state index is 12.0. The lowest BCUT2D eigenvalue weighted by atomic mass is 10.0. The van der Waals surface area contributed by atoms with Crippen molar-refractivity contribution in [3.8, 4) is 0 Å². The monoisotopic (exact) mass is 314 g/mol. The second-order valence-electron chi connectivity index (χ2n) is 6.54. The number of amides is 2. The third-order valence-electron chi connectivity index (χ3n) is 4.44. The largest absolute Gasteiger partial charge is 0.369 e. The predicted octanol–water partition coefficient (Wildman–Crippen LogP) is 2.98. The van der Waals surface area contributed by atoms with E-state index >= 15 is 0 Å². The van der Waals surface area contributed by atoms with E-state index in [1.165, 1.54) is 5.56 Å². The zero-order valence-electron chi connectivity index (χ0n) is 13.9. The summed E-state index contributed by atoms with van der Waals surface area (Å²) in [6.07, 6.45) is 6.67. The second-order valence-corrected chi connectivity index (χ2v) is 6.54. The van der Waals surface area contributed by atoms with Crippen molar-refractivity contribution in [2.75, 3.05) is 0 Å². The highest BCUT2D eigenvalue weighted by molar-refractivity contribution is 5.82. The Balaban J connectivity index is 1.83. The quantitative estimate of drug-likeness (QED) is 0.847. The fourth-order valence-electron chi connectivity index (χ4n) is 3.03. The van der Waals surface area contributed by atoms with Crippen LogP contribution >= 0.6 is 0 Å². The predicted molar refractivity (Wildman–Crippen MR) is 92.6 cm³/mol. The molecule has 2 atom stereocenters. The van der Waals surface area contributed by atoms with Gasteiger partial charge in [-0.1, -0.05) is 56.7 Å². The Hall–Kier alpha value is -2.10. The first-order chi connectivity index (χ1) is 11.0. The molecule has 0 aliphatic heterocycles. The maximum Gasteiger partial charge on any atom is 0.224 e. The van der Waals surface area contributed by atoms with Gasteiger partial charge in [-0.15, -0.1) is 0 Å². The number of primary amides is 1. The molecule has 0 spiro atoms. The van der Waals surface area contributed by atoms with Crippen molar-refractivity contribution in [3.63, 3.8) is 0 Å². The fourth-order valence-corrected chi connectivity index (χ4v) is 3.03. The van der Waals surface area contributed by atoms with Crippen LogP contribution in [-0.4, -0.2) is 17.9 Å². The first-order valence-electron chi connectivity index (χ1n) is 8.32. The van der Waals surface area contributed by atoms with Crippen LogP contribution in [0.25, 0.3) is 6.08 Å². The van der Waals surface area contributed by atoms with Crippen molar-refractivity contribution in [2.45, 2.75) is 51.5 Å². The Morgan fingerprint density at radius 2 is 1.96 bits per heavy atom. The van der Waals surface area contributed by atoms with Crippen LogP contribution in [0.4, 0.5) is 0 Å². The van der Waals surface area contributed by atoms with Gasteiger partial charge in [0.2, 0.25) is 11.8 Å². The van der Waals surface area contributed by atoms with Crippen molar-refractivity contribution in [1.29, 1.82) is 0 Å². The molecule has 3 N–H and O–H groups in total. The summed E-state index contributed by atoms with van der Waals surface area (Å²) in [7, 11) is 0. The van der Waals surface area contributed by atoms with E-state index < -0.39 is 0 Å². The van der Waals surface area contributed by atoms with E-state index in [9.17, 15) is 9.59 Å². The molecule has 0 aromatic heterocycles. The van der Waals surface area contributed by atoms with Crippen LogP contribution < -0.4 is 11.1 Å². The molecule has 0 unspecified atom stereocenters. The topological polar surface area (TPSA) is 72.2 Å². The Labute approximate surface area is 138 Å². The van der Waals surface area contributed by atoms with E-state index in [0.29, 0.717) is 12.3 Å². The molecule has 124 valence electrons. The third-order valence-corrected chi connectivity index (χ3v) is 4.44. The SMILES string of the molecule is CC(C)c1ccc(/C=C/CC(=O)N[C@H]2CCC[C@H]2C(N)=O)cc1. The lowest BCUT2D eigenvalue weighted by Crippen LogP contribution is -2.42. The number of hydrogen-bond acceptors (Lipinski definition) is 2. The van der Waals surface area contributed by atoms with Crippen LogP contribution in [0.15, 0.2) is 30.3 Å². The van der Waals surface area contributed by atoms with Gasteiger partial charge >= 0.3 is 0 Å². The fraction of sp³-hybridized carbons (Fsp3) is 0.474. The van der Waals surface area contributed by atoms with Crippen molar-refractivity contribution < 1.29 is 9.59 Å². The van der Waals surface area contributed by atoms with Gasteiger partial charge in [-0.05, 0) is 29.9 Å². The highest BCUT2D eigenvalue weighted by atomic mass is 16.2. The molecule has 1 aromatic rings. The van der Waals surface area contributed by atoms with E-state index in [4.69, 9.17) is 5.73 Å². The lowest BCUT2D eigenvalue weighted by molar-refractivity contribution is -0.124. The summed E-state index contributed by atoms with van der Waals surface area (Å²) in [5.41, 5.74) is 7.75. The van der Waals surface area contributed by atoms with Gasteiger partial charge in [0.25, 0.3) is 0 Å². The lowest BCUT2D eigenvalue weighted by Gasteiger charge is -2.17. The molecule has 1 aliphatic carbocycles. The molecule has 1 fully saturated rings. The van der Waals surface area contributed by atoms with Crippen LogP contribution in [0.2, 0.25) is 0 Å². The molecule has 4 heteroatoms. The summed E-state index contributed by atoms with van der Waals surface area (Å²) < 4.78 is 0. The number of hydrogen-bond donors (Lipinski definition) is 2. The minimum Gasteiger partial charge on any atom is -0.369 e. The van der Waals surface area contributed by atoms with Gasteiger partial charge in [-0.3, -0.25) is 9.59 Å². The van der Waals surface area contributed by atoms with Gasteiger partial charge in [-0.2, -0.15) is 0 Å². The van der Waals surface area contributed by atoms with Crippen LogP contribution in [0, 0.1) is 5.92 Å². The molecule has 2 amide bonds. The smallest absolute Gasteiger partial charge is 0.224 e. The average Bonchev–Trinajstić information content (AvgIpc) is 2.96. The van der Waals surface area contributed by atoms with Crippen LogP contribution in [0.1, 0.15) is 56.6 Å². The standard InChI is InChI=1S/C19H26N2O2/c1-13(2)15-11-9-14(10-12-15)5-3-8-18(22)21-17-7-4-6-16(17)19(20)23/h3,5,9-13,16-17H,4,6-8H2,1-2H3,(H2,20,23)(H,21,22)/b5-3+/t16-,17+/m1/s1. The van der Waals surface area contributed by atoms with Gasteiger partial charge in [0.15, 0.2) is 0 Å². The van der Waals surface area contributed by atoms with E-state index in [2.05, 4.69) is 43.4 Å². The number of nitrogens with one attached hydrogen (secondary N) is 1. The van der Waals surface area contributed by atoms with Gasteiger partial charge in [-0.25, -0.2) is 0 Å². The Morgan fingerprint density at radius 1 is 1.26 bits per heavy atom. The Morgan fingerprint density at radius 3 is 2.57 bits per heavy atom. The molecule has 1 aliphatic rings. The van der Waals surface area contributed by atoms with Crippen molar-refractivity contribution in [1.82, 2.24) is 5.32 Å². The minimum absolute atomic E-state index is 0.0572. The number of benzene rings is 1. The maximum atomic E-state index is 12.0. The summed E-state index contributed by atoms with van der Waals surface area (Å²) in [4.78, 5) is 23.3. The molecule has 0 bridgehead atoms. The molecule has 1 aromatic carbocycles. The van der Waals surface area contributed by atoms with E-state index in [1.54, 1.807) is 0 Å². The van der Waals surface area contributed by atoms with E-state index in [-0.39, 0.29) is 23.8 Å². The highest BCUT2D eigenvalue weighted by Gasteiger charge is 2.32. The Bertz CT molecular complexity index is 576. The summed E-state index contributed by atoms with van der Waals surface area (Å²) in [5, 5.41) is 2.93. The number of nitrogens with two attached hydrogens (primary N) is 1. The number of rotatable bonds is 6. The molecule has 4 nitrogen and oxygen atoms in total. The number of carbonyl (C=O) groups excluding carboxylic acids is 2. The zero-order chi connectivity index (χ0) is 16.8. The summed E-state index contributed by atoms with van der Waals surface area (Å²) in [5.74, 6) is -0.0679. The molecule has 0 radical (unpaired) electrons. The normalized spacial score (nSPS) is 21.0. The van der Waals surface area contributed by atoms with Gasteiger partial charge in [0, 0.05) is 12.5 Å². The zero-order valence-corrected chi connectivity index (χ0v) is 13.9. The van der Waals surface area contributed by atoms with Gasteiger partial charge in [0.1, 0.15) is 0 Å². The molecular formula is C19H26N2O2. The number of carbonyl (C=O) groups is 2. The van der Waals surface area contributed by atoms with Crippen LogP contribution in [0.3, 0.4) is 0 Å². The highest BCUT2D eigenvalue weighted by Crippen LogP contribution is 2.25. The van der Waals surface area contributed by atoms with Crippen molar-refractivity contribution in [2.24, 2.45) is 11.7 Å². The van der Waals surface area contributed by atoms with Crippen molar-refractivity contribution >= 4 is 17.9 Å². The molecule has 23 heavy (non-hydrogen) atoms. The van der Waals surface area contributed by atoms with E-state index in [1.807, 2.05) is 12.2 Å². The summed E-state index contributed by atoms with van der Waals surface area (Å²) in [6, 6.07) is 8.24. The first kappa shape index (κ1) is 17.3. The molecule has 0 heterocycles. The summed E-state index contributed by atoms with van der Waals surface area (Å²) >= 11 is 0. The van der Waals surface area contributed by atoms with Gasteiger partial charge in [0.05, 0.1) is 5.92 Å². The first-order valence-corrected chi connectivity index (χ1v) is 8.32. The van der Waals surface area contributed by atoms with E-state index in [0.717, 1.165) is 24.8 Å². The van der Waals surface area contributed by atoms with Gasteiger partial charge < -0.3 is 11.1 Å². The van der Waals surface area contributed by atoms with Crippen LogP contribution in [-0.2, 0) is 9.59 Å².